The largest absolute Gasteiger partial charge is 0.493 e. The Labute approximate surface area is 144 Å². The number of anilines is 1. The predicted octanol–water partition coefficient (Wildman–Crippen LogP) is 2.50. The van der Waals surface area contributed by atoms with E-state index in [4.69, 9.17) is 18.9 Å². The Morgan fingerprint density at radius 2 is 1.79 bits per heavy atom. The van der Waals surface area contributed by atoms with Gasteiger partial charge in [0.05, 0.1) is 40.1 Å². The summed E-state index contributed by atoms with van der Waals surface area (Å²) in [6, 6.07) is 3.35. The maximum absolute atomic E-state index is 12.2. The van der Waals surface area contributed by atoms with Gasteiger partial charge in [-0.05, 0) is 0 Å². The summed E-state index contributed by atoms with van der Waals surface area (Å²) in [6.07, 6.45) is 0.177. The molecule has 0 fully saturated rings. The lowest BCUT2D eigenvalue weighted by atomic mass is 10.2. The highest BCUT2D eigenvalue weighted by molar-refractivity contribution is 7.09. The predicted molar refractivity (Wildman–Crippen MR) is 91.3 cm³/mol. The van der Waals surface area contributed by atoms with Gasteiger partial charge in [-0.1, -0.05) is 0 Å². The average Bonchev–Trinajstić information content (AvgIpc) is 3.01. The second-order valence-corrected chi connectivity index (χ2v) is 5.75. The normalized spacial score (nSPS) is 10.3. The van der Waals surface area contributed by atoms with Crippen molar-refractivity contribution in [1.29, 1.82) is 0 Å². The molecule has 0 saturated carbocycles. The molecule has 130 valence electrons. The van der Waals surface area contributed by atoms with Crippen molar-refractivity contribution in [3.05, 3.63) is 28.2 Å². The van der Waals surface area contributed by atoms with Crippen LogP contribution in [-0.4, -0.2) is 39.3 Å². The standard InChI is InChI=1S/C16H20N2O5S/c1-20-8-15-18-11(9-24-15)7-14(19)17-10-5-12(21-2)16(23-4)13(6-10)22-3/h5-6,9H,7-8H2,1-4H3,(H,17,19). The zero-order chi connectivity index (χ0) is 17.5. The first-order valence-electron chi connectivity index (χ1n) is 7.13. The highest BCUT2D eigenvalue weighted by Gasteiger charge is 2.15. The van der Waals surface area contributed by atoms with E-state index in [9.17, 15) is 4.79 Å². The number of benzene rings is 1. The first kappa shape index (κ1) is 18.0. The van der Waals surface area contributed by atoms with Crippen molar-refractivity contribution >= 4 is 22.9 Å². The van der Waals surface area contributed by atoms with E-state index in [0.717, 1.165) is 5.01 Å². The minimum absolute atomic E-state index is 0.177. The smallest absolute Gasteiger partial charge is 0.230 e. The molecule has 7 nitrogen and oxygen atoms in total. The number of nitrogens with zero attached hydrogens (tertiary/aromatic N) is 1. The summed E-state index contributed by atoms with van der Waals surface area (Å²) >= 11 is 1.47. The van der Waals surface area contributed by atoms with Gasteiger partial charge in [0.1, 0.15) is 5.01 Å². The van der Waals surface area contributed by atoms with E-state index in [1.165, 1.54) is 32.7 Å². The quantitative estimate of drug-likeness (QED) is 0.786. The van der Waals surface area contributed by atoms with Crippen LogP contribution in [0, 0.1) is 0 Å². The van der Waals surface area contributed by atoms with Gasteiger partial charge in [-0.3, -0.25) is 4.79 Å². The van der Waals surface area contributed by atoms with Gasteiger partial charge in [-0.25, -0.2) is 4.98 Å². The molecular weight excluding hydrogens is 332 g/mol. The molecule has 0 unspecified atom stereocenters. The maximum atomic E-state index is 12.2. The van der Waals surface area contributed by atoms with E-state index in [1.807, 2.05) is 5.38 Å². The zero-order valence-electron chi connectivity index (χ0n) is 14.0. The first-order valence-corrected chi connectivity index (χ1v) is 8.01. The van der Waals surface area contributed by atoms with E-state index >= 15 is 0 Å². The van der Waals surface area contributed by atoms with Crippen LogP contribution in [0.25, 0.3) is 0 Å². The molecule has 8 heteroatoms. The van der Waals surface area contributed by atoms with Crippen LogP contribution in [0.3, 0.4) is 0 Å². The number of carbonyl (C=O) groups excluding carboxylic acids is 1. The highest BCUT2D eigenvalue weighted by Crippen LogP contribution is 2.39. The van der Waals surface area contributed by atoms with Crippen LogP contribution < -0.4 is 19.5 Å². The Morgan fingerprint density at radius 3 is 2.33 bits per heavy atom. The molecule has 0 aliphatic carbocycles. The van der Waals surface area contributed by atoms with Crippen LogP contribution in [0.4, 0.5) is 5.69 Å². The molecule has 0 radical (unpaired) electrons. The summed E-state index contributed by atoms with van der Waals surface area (Å²) in [5.41, 5.74) is 1.26. The number of methoxy groups -OCH3 is 4. The molecule has 2 rings (SSSR count). The van der Waals surface area contributed by atoms with Crippen LogP contribution in [0.5, 0.6) is 17.2 Å². The van der Waals surface area contributed by atoms with E-state index in [-0.39, 0.29) is 12.3 Å². The monoisotopic (exact) mass is 352 g/mol. The minimum atomic E-state index is -0.182. The van der Waals surface area contributed by atoms with Crippen molar-refractivity contribution in [2.45, 2.75) is 13.0 Å². The van der Waals surface area contributed by atoms with Gasteiger partial charge in [0.2, 0.25) is 11.7 Å². The molecule has 1 N–H and O–H groups in total. The molecule has 1 aromatic heterocycles. The molecule has 1 amide bonds. The molecule has 2 aromatic rings. The lowest BCUT2D eigenvalue weighted by Crippen LogP contribution is -2.15. The van der Waals surface area contributed by atoms with Crippen molar-refractivity contribution < 1.29 is 23.7 Å². The molecule has 1 aromatic carbocycles. The Kier molecular flexibility index (Phi) is 6.39. The molecular formula is C16H20N2O5S. The number of amides is 1. The second kappa shape index (κ2) is 8.51. The van der Waals surface area contributed by atoms with Crippen molar-refractivity contribution in [3.8, 4) is 17.2 Å². The minimum Gasteiger partial charge on any atom is -0.493 e. The van der Waals surface area contributed by atoms with Gasteiger partial charge in [0.25, 0.3) is 0 Å². The molecule has 0 saturated heterocycles. The third kappa shape index (κ3) is 4.36. The lowest BCUT2D eigenvalue weighted by molar-refractivity contribution is -0.115. The Morgan fingerprint density at radius 1 is 1.12 bits per heavy atom. The molecule has 0 bridgehead atoms. The van der Waals surface area contributed by atoms with Crippen LogP contribution in [-0.2, 0) is 22.6 Å². The van der Waals surface area contributed by atoms with Crippen molar-refractivity contribution in [2.24, 2.45) is 0 Å². The number of hydrogen-bond donors (Lipinski definition) is 1. The fraction of sp³-hybridized carbons (Fsp3) is 0.375. The number of aromatic nitrogens is 1. The van der Waals surface area contributed by atoms with Gasteiger partial charge in [-0.2, -0.15) is 0 Å². The summed E-state index contributed by atoms with van der Waals surface area (Å²) in [5, 5.41) is 5.50. The summed E-state index contributed by atoms with van der Waals surface area (Å²) in [5.74, 6) is 1.24. The number of thiazole rings is 1. The van der Waals surface area contributed by atoms with Crippen LogP contribution in [0.1, 0.15) is 10.7 Å². The Balaban J connectivity index is 2.10. The first-order chi connectivity index (χ1) is 11.6. The summed E-state index contributed by atoms with van der Waals surface area (Å²) in [4.78, 5) is 16.6. The third-order valence-electron chi connectivity index (χ3n) is 3.16. The van der Waals surface area contributed by atoms with E-state index in [0.29, 0.717) is 35.2 Å². The highest BCUT2D eigenvalue weighted by atomic mass is 32.1. The summed E-state index contributed by atoms with van der Waals surface area (Å²) in [6.45, 7) is 0.444. The molecule has 1 heterocycles. The van der Waals surface area contributed by atoms with Gasteiger partial charge in [-0.15, -0.1) is 11.3 Å². The fourth-order valence-electron chi connectivity index (χ4n) is 2.14. The van der Waals surface area contributed by atoms with Crippen molar-refractivity contribution in [3.63, 3.8) is 0 Å². The number of ether oxygens (including phenoxy) is 4. The molecule has 0 aliphatic heterocycles. The number of hydrogen-bond acceptors (Lipinski definition) is 7. The second-order valence-electron chi connectivity index (χ2n) is 4.80. The summed E-state index contributed by atoms with van der Waals surface area (Å²) in [7, 11) is 6.18. The molecule has 0 spiro atoms. The topological polar surface area (TPSA) is 78.9 Å². The SMILES string of the molecule is COCc1nc(CC(=O)Nc2cc(OC)c(OC)c(OC)c2)cs1. The van der Waals surface area contributed by atoms with Gasteiger partial charge in [0, 0.05) is 30.3 Å². The molecule has 24 heavy (non-hydrogen) atoms. The zero-order valence-corrected chi connectivity index (χ0v) is 14.9. The third-order valence-corrected chi connectivity index (χ3v) is 4.03. The lowest BCUT2D eigenvalue weighted by Gasteiger charge is -2.14. The fourth-order valence-corrected chi connectivity index (χ4v) is 2.91. The average molecular weight is 352 g/mol. The van der Waals surface area contributed by atoms with Crippen molar-refractivity contribution in [1.82, 2.24) is 4.98 Å². The van der Waals surface area contributed by atoms with Crippen LogP contribution in [0.2, 0.25) is 0 Å². The van der Waals surface area contributed by atoms with Gasteiger partial charge >= 0.3 is 0 Å². The van der Waals surface area contributed by atoms with E-state index in [2.05, 4.69) is 10.3 Å². The van der Waals surface area contributed by atoms with Crippen LogP contribution >= 0.6 is 11.3 Å². The Hall–Kier alpha value is -2.32. The van der Waals surface area contributed by atoms with Crippen molar-refractivity contribution in [2.75, 3.05) is 33.8 Å². The van der Waals surface area contributed by atoms with Crippen LogP contribution in [0.15, 0.2) is 17.5 Å². The van der Waals surface area contributed by atoms with Gasteiger partial charge in [0.15, 0.2) is 11.5 Å². The number of nitrogens with one attached hydrogen (secondary N) is 1. The molecule has 0 aliphatic rings. The van der Waals surface area contributed by atoms with Gasteiger partial charge < -0.3 is 24.3 Å². The van der Waals surface area contributed by atoms with E-state index < -0.39 is 0 Å². The maximum Gasteiger partial charge on any atom is 0.230 e. The summed E-state index contributed by atoms with van der Waals surface area (Å²) < 4.78 is 20.8. The molecule has 0 atom stereocenters. The van der Waals surface area contributed by atoms with E-state index in [1.54, 1.807) is 19.2 Å². The number of rotatable bonds is 8. The Bertz CT molecular complexity index is 677. The number of carbonyl (C=O) groups is 1.